The summed E-state index contributed by atoms with van der Waals surface area (Å²) in [5.74, 6) is 0.361. The fraction of sp³-hybridized carbons (Fsp3) is 0.900. The fourth-order valence-electron chi connectivity index (χ4n) is 2.04. The van der Waals surface area contributed by atoms with Crippen LogP contribution in [0.5, 0.6) is 0 Å². The molecule has 0 aromatic carbocycles. The summed E-state index contributed by atoms with van der Waals surface area (Å²) < 4.78 is 0. The van der Waals surface area contributed by atoms with Crippen molar-refractivity contribution >= 4 is 5.91 Å². The zero-order valence-corrected chi connectivity index (χ0v) is 9.76. The van der Waals surface area contributed by atoms with Crippen LogP contribution in [0.1, 0.15) is 32.1 Å². The molecule has 1 amide bonds. The molecule has 1 aliphatic carbocycles. The van der Waals surface area contributed by atoms with Crippen molar-refractivity contribution in [2.75, 3.05) is 13.1 Å². The molecule has 7 heteroatoms. The van der Waals surface area contributed by atoms with E-state index in [-0.39, 0.29) is 12.0 Å². The highest BCUT2D eigenvalue weighted by Gasteiger charge is 2.23. The van der Waals surface area contributed by atoms with E-state index in [9.17, 15) is 14.9 Å². The molecule has 17 heavy (non-hydrogen) atoms. The third kappa shape index (κ3) is 5.48. The van der Waals surface area contributed by atoms with E-state index in [2.05, 4.69) is 10.2 Å². The first-order valence-electron chi connectivity index (χ1n) is 5.89. The number of carbonyl (C=O) groups is 1. The molecule has 0 heterocycles. The Morgan fingerprint density at radius 2 is 2.06 bits per heavy atom. The van der Waals surface area contributed by atoms with Gasteiger partial charge < -0.3 is 15.9 Å². The summed E-state index contributed by atoms with van der Waals surface area (Å²) in [6.07, 6.45) is 3.13. The van der Waals surface area contributed by atoms with Crippen molar-refractivity contribution in [2.24, 2.45) is 11.7 Å². The normalized spacial score (nSPS) is 24.1. The van der Waals surface area contributed by atoms with Gasteiger partial charge in [-0.2, -0.15) is 0 Å². The van der Waals surface area contributed by atoms with Gasteiger partial charge in [-0.05, 0) is 31.6 Å². The van der Waals surface area contributed by atoms with Crippen molar-refractivity contribution in [2.45, 2.75) is 38.2 Å². The van der Waals surface area contributed by atoms with Crippen molar-refractivity contribution in [3.8, 4) is 0 Å². The lowest BCUT2D eigenvalue weighted by atomic mass is 9.87. The van der Waals surface area contributed by atoms with E-state index in [1.165, 1.54) is 0 Å². The highest BCUT2D eigenvalue weighted by molar-refractivity contribution is 5.75. The summed E-state index contributed by atoms with van der Waals surface area (Å²) in [6, 6.07) is 0. The molecule has 1 saturated carbocycles. The lowest BCUT2D eigenvalue weighted by molar-refractivity contribution is -0.769. The number of nitrogens with one attached hydrogen (secondary N) is 1. The minimum Gasteiger partial charge on any atom is -0.356 e. The third-order valence-electron chi connectivity index (χ3n) is 2.99. The molecule has 0 spiro atoms. The average Bonchev–Trinajstić information content (AvgIpc) is 2.28. The average molecular weight is 245 g/mol. The Morgan fingerprint density at radius 1 is 1.41 bits per heavy atom. The first-order valence-corrected chi connectivity index (χ1v) is 5.89. The van der Waals surface area contributed by atoms with Crippen LogP contribution >= 0.6 is 0 Å². The maximum absolute atomic E-state index is 11.2. The largest absolute Gasteiger partial charge is 0.356 e. The maximum Gasteiger partial charge on any atom is 0.294 e. The molecular formula is C10H19N3O4. The molecule has 0 atom stereocenters. The molecule has 98 valence electrons. The van der Waals surface area contributed by atoms with Crippen molar-refractivity contribution in [3.63, 3.8) is 0 Å². The van der Waals surface area contributed by atoms with E-state index in [1.807, 2.05) is 0 Å². The van der Waals surface area contributed by atoms with Gasteiger partial charge in [0.1, 0.15) is 6.10 Å². The summed E-state index contributed by atoms with van der Waals surface area (Å²) in [6.45, 7) is 0.985. The van der Waals surface area contributed by atoms with E-state index in [0.717, 1.165) is 12.8 Å². The monoisotopic (exact) mass is 245 g/mol. The van der Waals surface area contributed by atoms with Crippen molar-refractivity contribution in [3.05, 3.63) is 10.1 Å². The third-order valence-corrected chi connectivity index (χ3v) is 2.99. The van der Waals surface area contributed by atoms with Gasteiger partial charge >= 0.3 is 0 Å². The number of carbonyl (C=O) groups excluding carboxylic acids is 1. The number of amides is 1. The molecule has 0 aliphatic heterocycles. The van der Waals surface area contributed by atoms with Gasteiger partial charge in [-0.15, -0.1) is 10.1 Å². The number of nitrogens with zero attached hydrogens (tertiary/aromatic N) is 1. The predicted molar refractivity (Wildman–Crippen MR) is 60.5 cm³/mol. The first kappa shape index (κ1) is 13.7. The van der Waals surface area contributed by atoms with Gasteiger partial charge in [0.2, 0.25) is 5.91 Å². The topological polar surface area (TPSA) is 107 Å². The van der Waals surface area contributed by atoms with E-state index < -0.39 is 5.09 Å². The fourth-order valence-corrected chi connectivity index (χ4v) is 2.04. The Hall–Kier alpha value is -1.37. The minimum atomic E-state index is -0.728. The minimum absolute atomic E-state index is 0.0313. The van der Waals surface area contributed by atoms with Gasteiger partial charge in [0.05, 0.1) is 0 Å². The van der Waals surface area contributed by atoms with Crippen molar-refractivity contribution < 1.29 is 14.7 Å². The summed E-state index contributed by atoms with van der Waals surface area (Å²) in [5, 5.41) is 12.2. The highest BCUT2D eigenvalue weighted by Crippen LogP contribution is 2.25. The predicted octanol–water partition coefficient (Wildman–Crippen LogP) is 0.219. The Labute approximate surface area is 99.8 Å². The van der Waals surface area contributed by atoms with Gasteiger partial charge in [0, 0.05) is 19.5 Å². The van der Waals surface area contributed by atoms with E-state index in [4.69, 9.17) is 5.73 Å². The maximum atomic E-state index is 11.2. The molecule has 1 rings (SSSR count). The lowest BCUT2D eigenvalue weighted by Gasteiger charge is -2.27. The van der Waals surface area contributed by atoms with Gasteiger partial charge in [0.15, 0.2) is 0 Å². The van der Waals surface area contributed by atoms with Crippen LogP contribution in [0.3, 0.4) is 0 Å². The second-order valence-corrected chi connectivity index (χ2v) is 4.31. The standard InChI is InChI=1S/C10H19N3O4/c11-6-5-10(14)12-7-8-1-3-9(4-2-8)17-13(15)16/h8-9H,1-7,11H2,(H,12,14)/t8-,9+. The SMILES string of the molecule is NCCC(=O)NC[C@H]1CC[C@@H](O[N+](=O)[O-])CC1. The highest BCUT2D eigenvalue weighted by atomic mass is 17.0. The van der Waals surface area contributed by atoms with E-state index in [0.29, 0.717) is 38.3 Å². The number of rotatable bonds is 6. The second kappa shape index (κ2) is 7.05. The quantitative estimate of drug-likeness (QED) is 0.514. The van der Waals surface area contributed by atoms with E-state index in [1.54, 1.807) is 0 Å². The first-order chi connectivity index (χ1) is 8.11. The van der Waals surface area contributed by atoms with Crippen LogP contribution < -0.4 is 11.1 Å². The molecule has 0 radical (unpaired) electrons. The molecule has 0 saturated heterocycles. The molecule has 0 unspecified atom stereocenters. The molecule has 0 aromatic heterocycles. The van der Waals surface area contributed by atoms with Gasteiger partial charge in [-0.1, -0.05) is 0 Å². The van der Waals surface area contributed by atoms with E-state index >= 15 is 0 Å². The summed E-state index contributed by atoms with van der Waals surface area (Å²) in [5.41, 5.74) is 5.26. The van der Waals surface area contributed by atoms with Gasteiger partial charge in [-0.3, -0.25) is 4.79 Å². The molecule has 3 N–H and O–H groups in total. The molecule has 0 bridgehead atoms. The van der Waals surface area contributed by atoms with Crippen LogP contribution in [0.15, 0.2) is 0 Å². The molecule has 1 aliphatic rings. The Bertz CT molecular complexity index is 264. The van der Waals surface area contributed by atoms with Crippen LogP contribution in [-0.4, -0.2) is 30.2 Å². The Morgan fingerprint density at radius 3 is 2.59 bits per heavy atom. The number of hydrogen-bond acceptors (Lipinski definition) is 5. The van der Waals surface area contributed by atoms with Crippen LogP contribution in [0, 0.1) is 16.0 Å². The summed E-state index contributed by atoms with van der Waals surface area (Å²) in [4.78, 5) is 25.9. The molecule has 7 nitrogen and oxygen atoms in total. The lowest BCUT2D eigenvalue weighted by Crippen LogP contribution is -2.33. The Kier molecular flexibility index (Phi) is 5.68. The van der Waals surface area contributed by atoms with Crippen molar-refractivity contribution in [1.29, 1.82) is 0 Å². The van der Waals surface area contributed by atoms with Gasteiger partial charge in [-0.25, -0.2) is 0 Å². The molecule has 0 aromatic rings. The van der Waals surface area contributed by atoms with Crippen LogP contribution in [0.25, 0.3) is 0 Å². The zero-order chi connectivity index (χ0) is 12.7. The number of hydrogen-bond donors (Lipinski definition) is 2. The number of nitrogens with two attached hydrogens (primary N) is 1. The molecular weight excluding hydrogens is 226 g/mol. The van der Waals surface area contributed by atoms with Crippen LogP contribution in [0.4, 0.5) is 0 Å². The van der Waals surface area contributed by atoms with Crippen LogP contribution in [0.2, 0.25) is 0 Å². The van der Waals surface area contributed by atoms with Gasteiger partial charge in [0.25, 0.3) is 5.09 Å². The zero-order valence-electron chi connectivity index (χ0n) is 9.76. The smallest absolute Gasteiger partial charge is 0.294 e. The Balaban J connectivity index is 2.14. The summed E-state index contributed by atoms with van der Waals surface area (Å²) in [7, 11) is 0. The van der Waals surface area contributed by atoms with Crippen molar-refractivity contribution in [1.82, 2.24) is 5.32 Å². The van der Waals surface area contributed by atoms with Crippen LogP contribution in [-0.2, 0) is 9.63 Å². The second-order valence-electron chi connectivity index (χ2n) is 4.31. The molecule has 1 fully saturated rings. The summed E-state index contributed by atoms with van der Waals surface area (Å²) >= 11 is 0.